The summed E-state index contributed by atoms with van der Waals surface area (Å²) < 4.78 is 24.7. The molecule has 8 nitrogen and oxygen atoms in total. The normalized spacial score (nSPS) is 10.7. The van der Waals surface area contributed by atoms with E-state index in [0.717, 1.165) is 25.1 Å². The summed E-state index contributed by atoms with van der Waals surface area (Å²) in [6.07, 6.45) is 1.61. The van der Waals surface area contributed by atoms with Crippen molar-refractivity contribution in [3.05, 3.63) is 52.8 Å². The quantitative estimate of drug-likeness (QED) is 0.435. The molecule has 2 N–H and O–H groups in total. The lowest BCUT2D eigenvalue weighted by molar-refractivity contribution is -0.0987. The molecule has 0 heterocycles. The van der Waals surface area contributed by atoms with E-state index in [2.05, 4.69) is 17.1 Å². The number of amides is 1. The van der Waals surface area contributed by atoms with Crippen LogP contribution in [0.15, 0.2) is 36.4 Å². The summed E-state index contributed by atoms with van der Waals surface area (Å²) in [5.74, 6) is -0.242. The molecule has 0 aliphatic carbocycles. The van der Waals surface area contributed by atoms with Crippen LogP contribution in [-0.2, 0) is 14.3 Å². The van der Waals surface area contributed by atoms with E-state index in [1.165, 1.54) is 18.2 Å². The minimum atomic E-state index is -0.546. The van der Waals surface area contributed by atoms with Crippen molar-refractivity contribution in [2.24, 2.45) is 0 Å². The third-order valence-electron chi connectivity index (χ3n) is 4.78. The van der Waals surface area contributed by atoms with Crippen LogP contribution in [0.25, 0.3) is 0 Å². The van der Waals surface area contributed by atoms with Gasteiger partial charge in [-0.1, -0.05) is 25.4 Å². The van der Waals surface area contributed by atoms with Crippen molar-refractivity contribution in [2.75, 3.05) is 43.6 Å². The number of anilines is 2. The zero-order valence-corrected chi connectivity index (χ0v) is 21.1. The number of hydrogen-bond acceptors (Lipinski definition) is 7. The molecule has 35 heavy (non-hydrogen) atoms. The number of nitrogens with one attached hydrogen (secondary N) is 1. The Labute approximate surface area is 211 Å². The lowest BCUT2D eigenvalue weighted by Crippen LogP contribution is -2.35. The van der Waals surface area contributed by atoms with E-state index in [9.17, 15) is 9.18 Å². The second kappa shape index (κ2) is 18.3. The molecule has 2 rings (SSSR count). The Hall–Kier alpha value is -3.01. The molecule has 0 saturated heterocycles. The van der Waals surface area contributed by atoms with Gasteiger partial charge in [-0.05, 0) is 49.2 Å². The lowest BCUT2D eigenvalue weighted by atomic mass is 10.1. The van der Waals surface area contributed by atoms with Gasteiger partial charge in [0.1, 0.15) is 25.1 Å². The standard InChI is InChI=1S/C23H30ClFN2O4.2CH2O/c1-4-10-27(15-18(5-2)31-12-11-28)21-13-16(6-9-22(21)30-3)23(29)26-17-7-8-20(25)19(24)14-17;2*1-2/h6-9,13-14,18,28H,4-5,10-12,15H2,1-3H3,(H,26,29);2*1H2. The molecule has 1 atom stereocenters. The summed E-state index contributed by atoms with van der Waals surface area (Å²) >= 11 is 5.81. The first-order valence-corrected chi connectivity index (χ1v) is 11.3. The number of aliphatic hydroxyl groups is 1. The average Bonchev–Trinajstić information content (AvgIpc) is 2.90. The number of benzene rings is 2. The van der Waals surface area contributed by atoms with E-state index < -0.39 is 5.82 Å². The van der Waals surface area contributed by atoms with Gasteiger partial charge in [-0.15, -0.1) is 0 Å². The highest BCUT2D eigenvalue weighted by molar-refractivity contribution is 6.31. The van der Waals surface area contributed by atoms with Gasteiger partial charge < -0.3 is 34.4 Å². The molecule has 0 radical (unpaired) electrons. The molecule has 0 bridgehead atoms. The minimum Gasteiger partial charge on any atom is -0.495 e. The number of ether oxygens (including phenoxy) is 2. The van der Waals surface area contributed by atoms with Gasteiger partial charge in [-0.3, -0.25) is 4.79 Å². The number of methoxy groups -OCH3 is 1. The fourth-order valence-corrected chi connectivity index (χ4v) is 3.38. The Bertz CT molecular complexity index is 900. The largest absolute Gasteiger partial charge is 0.495 e. The summed E-state index contributed by atoms with van der Waals surface area (Å²) in [4.78, 5) is 30.9. The number of aliphatic hydroxyl groups excluding tert-OH is 1. The molecule has 0 aromatic heterocycles. The zero-order valence-electron chi connectivity index (χ0n) is 20.4. The topological polar surface area (TPSA) is 105 Å². The maximum atomic E-state index is 13.4. The van der Waals surface area contributed by atoms with Crippen LogP contribution >= 0.6 is 11.6 Å². The third kappa shape index (κ3) is 10.4. The van der Waals surface area contributed by atoms with Crippen molar-refractivity contribution in [2.45, 2.75) is 32.8 Å². The van der Waals surface area contributed by atoms with Crippen molar-refractivity contribution in [3.8, 4) is 5.75 Å². The molecule has 2 aromatic carbocycles. The molecule has 0 aliphatic rings. The molecule has 2 aromatic rings. The summed E-state index contributed by atoms with van der Waals surface area (Å²) in [5, 5.41) is 11.7. The highest BCUT2D eigenvalue weighted by Crippen LogP contribution is 2.31. The third-order valence-corrected chi connectivity index (χ3v) is 5.07. The van der Waals surface area contributed by atoms with Gasteiger partial charge in [0.15, 0.2) is 0 Å². The average molecular weight is 513 g/mol. The van der Waals surface area contributed by atoms with Crippen LogP contribution in [0.3, 0.4) is 0 Å². The Kier molecular flexibility index (Phi) is 16.8. The molecule has 10 heteroatoms. The molecule has 0 fully saturated rings. The minimum absolute atomic E-state index is 0.0311. The number of carbonyl (C=O) groups excluding carboxylic acids is 3. The van der Waals surface area contributed by atoms with Crippen molar-refractivity contribution in [1.82, 2.24) is 0 Å². The van der Waals surface area contributed by atoms with E-state index in [0.29, 0.717) is 23.5 Å². The number of carbonyl (C=O) groups is 3. The van der Waals surface area contributed by atoms with Crippen molar-refractivity contribution in [3.63, 3.8) is 0 Å². The SMILES string of the molecule is C=O.C=O.CCCN(CC(CC)OCCO)c1cc(C(=O)Nc2ccc(F)c(Cl)c2)ccc1OC. The molecule has 0 saturated carbocycles. The number of rotatable bonds is 12. The monoisotopic (exact) mass is 512 g/mol. The summed E-state index contributed by atoms with van der Waals surface area (Å²) in [7, 11) is 1.59. The van der Waals surface area contributed by atoms with Crippen LogP contribution in [0.1, 0.15) is 37.0 Å². The fourth-order valence-electron chi connectivity index (χ4n) is 3.20. The number of halogens is 2. The molecular weight excluding hydrogens is 479 g/mol. The summed E-state index contributed by atoms with van der Waals surface area (Å²) in [5.41, 5.74) is 1.62. The smallest absolute Gasteiger partial charge is 0.255 e. The van der Waals surface area contributed by atoms with E-state index in [1.807, 2.05) is 20.5 Å². The molecule has 0 spiro atoms. The highest BCUT2D eigenvalue weighted by atomic mass is 35.5. The Morgan fingerprint density at radius 2 is 1.86 bits per heavy atom. The van der Waals surface area contributed by atoms with Crippen LogP contribution in [0.2, 0.25) is 5.02 Å². The number of hydrogen-bond donors (Lipinski definition) is 2. The van der Waals surface area contributed by atoms with Gasteiger partial charge in [0.05, 0.1) is 37.1 Å². The fraction of sp³-hybridized carbons (Fsp3) is 0.400. The van der Waals surface area contributed by atoms with Gasteiger partial charge in [0.2, 0.25) is 0 Å². The Morgan fingerprint density at radius 3 is 2.40 bits per heavy atom. The zero-order chi connectivity index (χ0) is 26.8. The molecule has 0 aliphatic heterocycles. The summed E-state index contributed by atoms with van der Waals surface area (Å²) in [6, 6.07) is 9.22. The summed E-state index contributed by atoms with van der Waals surface area (Å²) in [6.45, 7) is 9.69. The van der Waals surface area contributed by atoms with E-state index in [4.69, 9.17) is 35.8 Å². The van der Waals surface area contributed by atoms with Crippen LogP contribution < -0.4 is 15.0 Å². The van der Waals surface area contributed by atoms with Gasteiger partial charge in [-0.25, -0.2) is 4.39 Å². The number of nitrogens with zero attached hydrogens (tertiary/aromatic N) is 1. The van der Waals surface area contributed by atoms with Gasteiger partial charge in [-0.2, -0.15) is 0 Å². The van der Waals surface area contributed by atoms with Crippen LogP contribution in [0, 0.1) is 5.82 Å². The van der Waals surface area contributed by atoms with E-state index in [-0.39, 0.29) is 30.2 Å². The predicted molar refractivity (Wildman–Crippen MR) is 136 cm³/mol. The first kappa shape index (κ1) is 32.0. The Morgan fingerprint density at radius 1 is 1.17 bits per heavy atom. The molecule has 194 valence electrons. The van der Waals surface area contributed by atoms with E-state index >= 15 is 0 Å². The lowest BCUT2D eigenvalue weighted by Gasteiger charge is -2.30. The van der Waals surface area contributed by atoms with Crippen LogP contribution in [0.4, 0.5) is 15.8 Å². The van der Waals surface area contributed by atoms with Crippen molar-refractivity contribution < 1.29 is 33.4 Å². The second-order valence-corrected chi connectivity index (χ2v) is 7.45. The molecule has 1 unspecified atom stereocenters. The van der Waals surface area contributed by atoms with E-state index in [1.54, 1.807) is 25.3 Å². The van der Waals surface area contributed by atoms with Crippen LogP contribution in [-0.4, -0.2) is 64.1 Å². The molecular formula is C25H34ClFN2O6. The van der Waals surface area contributed by atoms with Gasteiger partial charge in [0.25, 0.3) is 5.91 Å². The van der Waals surface area contributed by atoms with Gasteiger partial charge >= 0.3 is 0 Å². The second-order valence-electron chi connectivity index (χ2n) is 7.04. The first-order valence-electron chi connectivity index (χ1n) is 10.9. The van der Waals surface area contributed by atoms with Crippen molar-refractivity contribution >= 4 is 42.5 Å². The molecule has 1 amide bonds. The maximum absolute atomic E-state index is 13.4. The van der Waals surface area contributed by atoms with Gasteiger partial charge in [0, 0.05) is 24.3 Å². The highest BCUT2D eigenvalue weighted by Gasteiger charge is 2.19. The first-order chi connectivity index (χ1) is 16.9. The maximum Gasteiger partial charge on any atom is 0.255 e. The van der Waals surface area contributed by atoms with Crippen molar-refractivity contribution in [1.29, 1.82) is 0 Å². The Balaban J connectivity index is 0.00000274. The predicted octanol–water partition coefficient (Wildman–Crippen LogP) is 4.37. The van der Waals surface area contributed by atoms with Crippen LogP contribution in [0.5, 0.6) is 5.75 Å².